The van der Waals surface area contributed by atoms with E-state index < -0.39 is 0 Å². The second-order valence-electron chi connectivity index (χ2n) is 6.19. The predicted octanol–water partition coefficient (Wildman–Crippen LogP) is 5.18. The van der Waals surface area contributed by atoms with Gasteiger partial charge in [-0.15, -0.1) is 11.3 Å². The number of hydrogen-bond donors (Lipinski definition) is 2. The standard InChI is InChI=1S/C17H28N2OS/c1-4-6-8-13(7-5-2)19-17-14(12-9-10-12)15(18)16(21-17)11(3)20/h12-13,19H,4-10,18H2,1-3H3. The number of nitrogens with one attached hydrogen (secondary N) is 1. The highest BCUT2D eigenvalue weighted by atomic mass is 32.1. The van der Waals surface area contributed by atoms with E-state index in [1.807, 2.05) is 0 Å². The van der Waals surface area contributed by atoms with Gasteiger partial charge in [-0.25, -0.2) is 0 Å². The monoisotopic (exact) mass is 308 g/mol. The number of anilines is 2. The fourth-order valence-corrected chi connectivity index (χ4v) is 4.06. The zero-order valence-corrected chi connectivity index (χ0v) is 14.3. The lowest BCUT2D eigenvalue weighted by Gasteiger charge is -2.19. The molecule has 0 aromatic carbocycles. The summed E-state index contributed by atoms with van der Waals surface area (Å²) in [5.74, 6) is 0.665. The number of carbonyl (C=O) groups excluding carboxylic acids is 1. The quantitative estimate of drug-likeness (QED) is 0.618. The molecule has 1 aromatic heterocycles. The van der Waals surface area contributed by atoms with Crippen molar-refractivity contribution in [3.05, 3.63) is 10.4 Å². The Hall–Kier alpha value is -1.03. The molecule has 4 heteroatoms. The number of Topliss-reactive ketones (excluding diaryl/α,β-unsaturated/α-hetero) is 1. The van der Waals surface area contributed by atoms with Gasteiger partial charge in [0, 0.05) is 18.5 Å². The average molecular weight is 308 g/mol. The molecule has 0 saturated heterocycles. The van der Waals surface area contributed by atoms with E-state index >= 15 is 0 Å². The summed E-state index contributed by atoms with van der Waals surface area (Å²) in [4.78, 5) is 12.5. The molecular formula is C17H28N2OS. The summed E-state index contributed by atoms with van der Waals surface area (Å²) in [7, 11) is 0. The first-order valence-electron chi connectivity index (χ1n) is 8.28. The summed E-state index contributed by atoms with van der Waals surface area (Å²) in [6, 6.07) is 0.505. The minimum absolute atomic E-state index is 0.0908. The molecule has 0 radical (unpaired) electrons. The van der Waals surface area contributed by atoms with E-state index in [1.54, 1.807) is 18.3 Å². The highest BCUT2D eigenvalue weighted by Gasteiger charge is 2.32. The molecule has 1 heterocycles. The maximum absolute atomic E-state index is 11.8. The molecule has 1 atom stereocenters. The molecule has 1 fully saturated rings. The van der Waals surface area contributed by atoms with Gasteiger partial charge in [0.05, 0.1) is 15.6 Å². The highest BCUT2D eigenvalue weighted by molar-refractivity contribution is 7.18. The zero-order chi connectivity index (χ0) is 15.4. The Balaban J connectivity index is 2.20. The molecule has 1 aliphatic carbocycles. The van der Waals surface area contributed by atoms with E-state index in [4.69, 9.17) is 5.73 Å². The maximum Gasteiger partial charge on any atom is 0.171 e. The van der Waals surface area contributed by atoms with E-state index in [-0.39, 0.29) is 5.78 Å². The Morgan fingerprint density at radius 3 is 2.57 bits per heavy atom. The first-order chi connectivity index (χ1) is 10.1. The van der Waals surface area contributed by atoms with Crippen LogP contribution < -0.4 is 11.1 Å². The molecule has 3 N–H and O–H groups in total. The molecule has 1 saturated carbocycles. The fourth-order valence-electron chi connectivity index (χ4n) is 2.88. The largest absolute Gasteiger partial charge is 0.397 e. The minimum Gasteiger partial charge on any atom is -0.397 e. The Labute approximate surface area is 132 Å². The van der Waals surface area contributed by atoms with Gasteiger partial charge in [-0.2, -0.15) is 0 Å². The van der Waals surface area contributed by atoms with Gasteiger partial charge in [-0.05, 0) is 31.6 Å². The second kappa shape index (κ2) is 7.30. The molecule has 0 amide bonds. The lowest BCUT2D eigenvalue weighted by atomic mass is 10.0. The van der Waals surface area contributed by atoms with Gasteiger partial charge >= 0.3 is 0 Å². The third kappa shape index (κ3) is 4.00. The molecule has 1 unspecified atom stereocenters. The van der Waals surface area contributed by atoms with E-state index in [1.165, 1.54) is 50.5 Å². The Morgan fingerprint density at radius 1 is 1.33 bits per heavy atom. The van der Waals surface area contributed by atoms with E-state index in [0.717, 1.165) is 15.6 Å². The summed E-state index contributed by atoms with van der Waals surface area (Å²) in [5, 5.41) is 4.87. The lowest BCUT2D eigenvalue weighted by Crippen LogP contribution is -2.19. The number of ketones is 1. The van der Waals surface area contributed by atoms with Gasteiger partial charge in [0.2, 0.25) is 0 Å². The molecule has 118 valence electrons. The predicted molar refractivity (Wildman–Crippen MR) is 92.6 cm³/mol. The van der Waals surface area contributed by atoms with Crippen molar-refractivity contribution in [2.75, 3.05) is 11.1 Å². The number of hydrogen-bond acceptors (Lipinski definition) is 4. The smallest absolute Gasteiger partial charge is 0.171 e. The van der Waals surface area contributed by atoms with Crippen molar-refractivity contribution in [2.24, 2.45) is 0 Å². The van der Waals surface area contributed by atoms with Crippen molar-refractivity contribution in [1.29, 1.82) is 0 Å². The van der Waals surface area contributed by atoms with Crippen molar-refractivity contribution < 1.29 is 4.79 Å². The van der Waals surface area contributed by atoms with Crippen LogP contribution in [0.2, 0.25) is 0 Å². The summed E-state index contributed by atoms with van der Waals surface area (Å²) >= 11 is 1.56. The third-order valence-corrected chi connectivity index (χ3v) is 5.42. The van der Waals surface area contributed by atoms with Crippen LogP contribution in [0.1, 0.15) is 86.9 Å². The first kappa shape index (κ1) is 16.3. The summed E-state index contributed by atoms with van der Waals surface area (Å²) < 4.78 is 0. The van der Waals surface area contributed by atoms with Gasteiger partial charge < -0.3 is 11.1 Å². The van der Waals surface area contributed by atoms with Crippen molar-refractivity contribution in [3.63, 3.8) is 0 Å². The topological polar surface area (TPSA) is 55.1 Å². The number of unbranched alkanes of at least 4 members (excludes halogenated alkanes) is 1. The first-order valence-corrected chi connectivity index (χ1v) is 9.09. The van der Waals surface area contributed by atoms with Crippen molar-refractivity contribution in [2.45, 2.75) is 77.7 Å². The van der Waals surface area contributed by atoms with Crippen LogP contribution >= 0.6 is 11.3 Å². The van der Waals surface area contributed by atoms with Crippen LogP contribution in [0.25, 0.3) is 0 Å². The molecule has 21 heavy (non-hydrogen) atoms. The van der Waals surface area contributed by atoms with Crippen LogP contribution in [-0.4, -0.2) is 11.8 Å². The summed E-state index contributed by atoms with van der Waals surface area (Å²) in [5.41, 5.74) is 8.21. The fraction of sp³-hybridized carbons (Fsp3) is 0.706. The van der Waals surface area contributed by atoms with Crippen LogP contribution in [-0.2, 0) is 0 Å². The van der Waals surface area contributed by atoms with Crippen LogP contribution in [0.15, 0.2) is 0 Å². The second-order valence-corrected chi connectivity index (χ2v) is 7.21. The summed E-state index contributed by atoms with van der Waals surface area (Å²) in [6.45, 7) is 6.07. The van der Waals surface area contributed by atoms with E-state index in [2.05, 4.69) is 19.2 Å². The van der Waals surface area contributed by atoms with Crippen molar-refractivity contribution >= 4 is 27.8 Å². The van der Waals surface area contributed by atoms with Crippen LogP contribution in [0.5, 0.6) is 0 Å². The van der Waals surface area contributed by atoms with Gasteiger partial charge in [-0.3, -0.25) is 4.79 Å². The molecule has 3 nitrogen and oxygen atoms in total. The van der Waals surface area contributed by atoms with Crippen molar-refractivity contribution in [3.8, 4) is 0 Å². The normalized spacial score (nSPS) is 16.0. The SMILES string of the molecule is CCCCC(CCC)Nc1sc(C(C)=O)c(N)c1C1CC1. The molecular weight excluding hydrogens is 280 g/mol. The van der Waals surface area contributed by atoms with E-state index in [0.29, 0.717) is 12.0 Å². The number of nitrogen functional groups attached to an aromatic ring is 1. The Kier molecular flexibility index (Phi) is 5.68. The number of carbonyl (C=O) groups is 1. The van der Waals surface area contributed by atoms with Crippen molar-refractivity contribution in [1.82, 2.24) is 0 Å². The van der Waals surface area contributed by atoms with Crippen LogP contribution in [0, 0.1) is 0 Å². The molecule has 2 rings (SSSR count). The molecule has 1 aliphatic rings. The van der Waals surface area contributed by atoms with Gasteiger partial charge in [0.25, 0.3) is 0 Å². The minimum atomic E-state index is 0.0908. The number of rotatable bonds is 9. The molecule has 0 aliphatic heterocycles. The average Bonchev–Trinajstić information content (AvgIpc) is 3.21. The molecule has 1 aromatic rings. The lowest BCUT2D eigenvalue weighted by molar-refractivity contribution is 0.102. The van der Waals surface area contributed by atoms with Gasteiger partial charge in [0.1, 0.15) is 0 Å². The Bertz CT molecular complexity index is 491. The van der Waals surface area contributed by atoms with Crippen LogP contribution in [0.3, 0.4) is 0 Å². The van der Waals surface area contributed by atoms with E-state index in [9.17, 15) is 4.79 Å². The molecule has 0 bridgehead atoms. The highest BCUT2D eigenvalue weighted by Crippen LogP contribution is 2.51. The number of nitrogens with two attached hydrogens (primary N) is 1. The summed E-state index contributed by atoms with van der Waals surface area (Å²) in [6.07, 6.45) is 8.44. The molecule has 0 spiro atoms. The van der Waals surface area contributed by atoms with Gasteiger partial charge in [0.15, 0.2) is 5.78 Å². The van der Waals surface area contributed by atoms with Crippen LogP contribution in [0.4, 0.5) is 10.7 Å². The third-order valence-electron chi connectivity index (χ3n) is 4.17. The van der Waals surface area contributed by atoms with Gasteiger partial charge in [-0.1, -0.05) is 33.1 Å². The Morgan fingerprint density at radius 2 is 2.05 bits per heavy atom. The zero-order valence-electron chi connectivity index (χ0n) is 13.5. The maximum atomic E-state index is 11.8. The number of thiophene rings is 1.